The molecule has 0 amide bonds. The van der Waals surface area contributed by atoms with E-state index in [-0.39, 0.29) is 41.9 Å². The summed E-state index contributed by atoms with van der Waals surface area (Å²) in [6.07, 6.45) is 1.83. The van der Waals surface area contributed by atoms with Gasteiger partial charge in [-0.3, -0.25) is 4.79 Å². The van der Waals surface area contributed by atoms with Gasteiger partial charge >= 0.3 is 5.97 Å². The fourth-order valence-corrected chi connectivity index (χ4v) is 5.58. The minimum absolute atomic E-state index is 0.0147. The van der Waals surface area contributed by atoms with Gasteiger partial charge in [0.2, 0.25) is 10.0 Å². The number of aryl methyl sites for hydroxylation is 1. The number of sulfonamides is 1. The number of benzene rings is 3. The Kier molecular flexibility index (Phi) is 8.21. The Labute approximate surface area is 214 Å². The van der Waals surface area contributed by atoms with Gasteiger partial charge in [0.1, 0.15) is 24.0 Å². The predicted octanol–water partition coefficient (Wildman–Crippen LogP) is 4.46. The number of halogens is 2. The van der Waals surface area contributed by atoms with Crippen LogP contribution in [-0.4, -0.2) is 37.7 Å². The Hall–Kier alpha value is -3.34. The molecule has 0 aromatic heterocycles. The second-order valence-electron chi connectivity index (χ2n) is 9.00. The van der Waals surface area contributed by atoms with Gasteiger partial charge in [-0.1, -0.05) is 30.3 Å². The van der Waals surface area contributed by atoms with Crippen molar-refractivity contribution in [1.29, 1.82) is 0 Å². The minimum atomic E-state index is -4.20. The Bertz CT molecular complexity index is 1330. The van der Waals surface area contributed by atoms with Gasteiger partial charge in [-0.15, -0.1) is 0 Å². The largest absolute Gasteiger partial charge is 0.489 e. The maximum absolute atomic E-state index is 13.8. The minimum Gasteiger partial charge on any atom is -0.489 e. The summed E-state index contributed by atoms with van der Waals surface area (Å²) < 4.78 is 66.3. The summed E-state index contributed by atoms with van der Waals surface area (Å²) >= 11 is 0. The molecular formula is C27H27F2NO6S. The number of aliphatic carboxylic acids is 1. The lowest BCUT2D eigenvalue weighted by Crippen LogP contribution is -2.55. The topological polar surface area (TPSA) is 102 Å². The summed E-state index contributed by atoms with van der Waals surface area (Å²) in [5.41, 5.74) is -0.463. The van der Waals surface area contributed by atoms with Crippen molar-refractivity contribution in [1.82, 2.24) is 4.72 Å². The second kappa shape index (κ2) is 11.4. The number of carbonyl (C=O) groups is 1. The molecule has 2 unspecified atom stereocenters. The molecule has 1 fully saturated rings. The molecule has 0 aliphatic carbocycles. The van der Waals surface area contributed by atoms with E-state index in [1.807, 2.05) is 30.3 Å². The van der Waals surface area contributed by atoms with E-state index in [2.05, 4.69) is 4.72 Å². The number of hydrogen-bond acceptors (Lipinski definition) is 5. The maximum atomic E-state index is 13.8. The molecule has 0 spiro atoms. The fourth-order valence-electron chi connectivity index (χ4n) is 4.23. The third-order valence-electron chi connectivity index (χ3n) is 6.26. The summed E-state index contributed by atoms with van der Waals surface area (Å²) in [5, 5.41) is 9.88. The van der Waals surface area contributed by atoms with E-state index in [0.29, 0.717) is 6.42 Å². The van der Waals surface area contributed by atoms with Gasteiger partial charge in [-0.05, 0) is 61.2 Å². The maximum Gasteiger partial charge on any atom is 0.327 e. The van der Waals surface area contributed by atoms with E-state index < -0.39 is 33.2 Å². The van der Waals surface area contributed by atoms with E-state index in [9.17, 15) is 27.1 Å². The average molecular weight is 532 g/mol. The Morgan fingerprint density at radius 2 is 1.81 bits per heavy atom. The highest BCUT2D eigenvalue weighted by Crippen LogP contribution is 2.30. The monoisotopic (exact) mass is 531 g/mol. The Morgan fingerprint density at radius 3 is 2.49 bits per heavy atom. The van der Waals surface area contributed by atoms with E-state index in [1.165, 1.54) is 35.9 Å². The van der Waals surface area contributed by atoms with Crippen LogP contribution in [0.2, 0.25) is 0 Å². The van der Waals surface area contributed by atoms with Crippen LogP contribution < -0.4 is 9.46 Å². The van der Waals surface area contributed by atoms with Gasteiger partial charge in [0.15, 0.2) is 5.54 Å². The molecule has 1 heterocycles. The van der Waals surface area contributed by atoms with Crippen molar-refractivity contribution < 1.29 is 36.6 Å². The summed E-state index contributed by atoms with van der Waals surface area (Å²) in [7, 11) is -4.20. The molecule has 0 radical (unpaired) electrons. The van der Waals surface area contributed by atoms with Crippen LogP contribution in [0.1, 0.15) is 30.4 Å². The van der Waals surface area contributed by atoms with Gasteiger partial charge in [-0.25, -0.2) is 17.2 Å². The highest BCUT2D eigenvalue weighted by Gasteiger charge is 2.49. The lowest BCUT2D eigenvalue weighted by molar-refractivity contribution is -0.144. The molecule has 4 rings (SSSR count). The molecule has 7 nitrogen and oxygen atoms in total. The van der Waals surface area contributed by atoms with Crippen LogP contribution in [0.5, 0.6) is 5.75 Å². The Morgan fingerprint density at radius 1 is 1.08 bits per heavy atom. The zero-order valence-electron chi connectivity index (χ0n) is 19.9. The third kappa shape index (κ3) is 6.71. The normalized spacial score (nSPS) is 19.6. The van der Waals surface area contributed by atoms with Crippen molar-refractivity contribution in [3.05, 3.63) is 95.6 Å². The van der Waals surface area contributed by atoms with Crippen LogP contribution >= 0.6 is 0 Å². The van der Waals surface area contributed by atoms with Crippen LogP contribution in [-0.2, 0) is 32.6 Å². The van der Waals surface area contributed by atoms with E-state index >= 15 is 0 Å². The number of ether oxygens (including phenoxy) is 2. The van der Waals surface area contributed by atoms with Crippen molar-refractivity contribution in [3.63, 3.8) is 0 Å². The van der Waals surface area contributed by atoms with Gasteiger partial charge in [0, 0.05) is 18.1 Å². The molecule has 196 valence electrons. The lowest BCUT2D eigenvalue weighted by atomic mass is 9.95. The smallest absolute Gasteiger partial charge is 0.327 e. The van der Waals surface area contributed by atoms with Crippen molar-refractivity contribution in [2.24, 2.45) is 0 Å². The SMILES string of the molecule is O=C(O)C1(NS(=O)(=O)c2ccc(OCc3ccc(F)cc3F)cc2)COC(CCCc2ccccc2)C1. The number of hydrogen-bond donors (Lipinski definition) is 2. The molecule has 1 saturated heterocycles. The van der Waals surface area contributed by atoms with Crippen LogP contribution in [0, 0.1) is 11.6 Å². The first-order chi connectivity index (χ1) is 17.7. The van der Waals surface area contributed by atoms with Crippen molar-refractivity contribution in [2.45, 2.75) is 48.8 Å². The molecule has 0 bridgehead atoms. The molecule has 1 aliphatic rings. The molecule has 2 atom stereocenters. The van der Waals surface area contributed by atoms with Gasteiger partial charge in [-0.2, -0.15) is 4.72 Å². The van der Waals surface area contributed by atoms with E-state index in [0.717, 1.165) is 25.0 Å². The van der Waals surface area contributed by atoms with Gasteiger partial charge in [0.25, 0.3) is 0 Å². The third-order valence-corrected chi connectivity index (χ3v) is 7.81. The molecule has 0 saturated carbocycles. The van der Waals surface area contributed by atoms with Crippen molar-refractivity contribution in [3.8, 4) is 5.75 Å². The van der Waals surface area contributed by atoms with E-state index in [4.69, 9.17) is 9.47 Å². The molecule has 3 aromatic rings. The summed E-state index contributed by atoms with van der Waals surface area (Å²) in [6.45, 7) is -0.455. The van der Waals surface area contributed by atoms with Crippen molar-refractivity contribution >= 4 is 16.0 Å². The first-order valence-corrected chi connectivity index (χ1v) is 13.2. The molecule has 3 aromatic carbocycles. The summed E-state index contributed by atoms with van der Waals surface area (Å²) in [6, 6.07) is 18.3. The quantitative estimate of drug-likeness (QED) is 0.379. The highest BCUT2D eigenvalue weighted by atomic mass is 32.2. The number of nitrogens with one attached hydrogen (secondary N) is 1. The number of carboxylic acids is 1. The molecule has 37 heavy (non-hydrogen) atoms. The highest BCUT2D eigenvalue weighted by molar-refractivity contribution is 7.89. The van der Waals surface area contributed by atoms with Crippen molar-refractivity contribution in [2.75, 3.05) is 6.61 Å². The zero-order valence-corrected chi connectivity index (χ0v) is 20.7. The standard InChI is InChI=1S/C27H27F2NO6S/c28-21-10-9-20(25(29)15-21)17-35-22-11-13-24(14-12-22)37(33,34)30-27(26(31)32)16-23(36-18-27)8-4-7-19-5-2-1-3-6-19/h1-3,5-6,9-15,23,30H,4,7-8,16-18H2,(H,31,32). The number of carboxylic acid groups (broad SMARTS) is 1. The summed E-state index contributed by atoms with van der Waals surface area (Å²) in [5.74, 6) is -2.49. The van der Waals surface area contributed by atoms with Crippen LogP contribution in [0.25, 0.3) is 0 Å². The first kappa shape index (κ1) is 26.7. The first-order valence-electron chi connectivity index (χ1n) is 11.8. The zero-order chi connectivity index (χ0) is 26.5. The van der Waals surface area contributed by atoms with Gasteiger partial charge < -0.3 is 14.6 Å². The summed E-state index contributed by atoms with van der Waals surface area (Å²) in [4.78, 5) is 12.0. The van der Waals surface area contributed by atoms with Crippen LogP contribution in [0.4, 0.5) is 8.78 Å². The predicted molar refractivity (Wildman–Crippen MR) is 132 cm³/mol. The second-order valence-corrected chi connectivity index (χ2v) is 10.7. The number of rotatable bonds is 11. The molecule has 10 heteroatoms. The fraction of sp³-hybridized carbons (Fsp3) is 0.296. The van der Waals surface area contributed by atoms with E-state index in [1.54, 1.807) is 0 Å². The molecular weight excluding hydrogens is 504 g/mol. The molecule has 1 aliphatic heterocycles. The lowest BCUT2D eigenvalue weighted by Gasteiger charge is -2.24. The van der Waals surface area contributed by atoms with Gasteiger partial charge in [0.05, 0.1) is 17.6 Å². The molecule has 2 N–H and O–H groups in total. The van der Waals surface area contributed by atoms with Crippen LogP contribution in [0.3, 0.4) is 0 Å². The average Bonchev–Trinajstić information content (AvgIpc) is 3.28. The van der Waals surface area contributed by atoms with Crippen LogP contribution in [0.15, 0.2) is 77.7 Å². The Balaban J connectivity index is 1.36.